The number of rotatable bonds is 8. The molecule has 0 aliphatic rings. The second-order valence-corrected chi connectivity index (χ2v) is 7.90. The molecule has 2 aromatic carbocycles. The number of hydrogen-bond acceptors (Lipinski definition) is 5. The van der Waals surface area contributed by atoms with Crippen LogP contribution >= 0.6 is 27.7 Å². The van der Waals surface area contributed by atoms with E-state index in [1.165, 1.54) is 11.8 Å². The number of carbonyl (C=O) groups excluding carboxylic acids is 1. The highest BCUT2D eigenvalue weighted by Gasteiger charge is 2.22. The van der Waals surface area contributed by atoms with E-state index >= 15 is 0 Å². The average Bonchev–Trinajstić information content (AvgIpc) is 3.08. The molecule has 7 heteroatoms. The van der Waals surface area contributed by atoms with E-state index in [1.807, 2.05) is 54.6 Å². The van der Waals surface area contributed by atoms with Gasteiger partial charge in [-0.3, -0.25) is 4.79 Å². The molecule has 3 rings (SSSR count). The minimum atomic E-state index is -0.364. The molecule has 1 amide bonds. The Morgan fingerprint density at radius 3 is 2.63 bits per heavy atom. The topological polar surface area (TPSA) is 64.4 Å². The minimum Gasteiger partial charge on any atom is -0.493 e. The van der Waals surface area contributed by atoms with Gasteiger partial charge in [0.05, 0.1) is 6.61 Å². The van der Waals surface area contributed by atoms with Gasteiger partial charge in [0.25, 0.3) is 0 Å². The van der Waals surface area contributed by atoms with Gasteiger partial charge in [-0.1, -0.05) is 51.4 Å². The van der Waals surface area contributed by atoms with Crippen LogP contribution in [0.4, 0.5) is 5.82 Å². The Hall–Kier alpha value is -2.25. The summed E-state index contributed by atoms with van der Waals surface area (Å²) in [6.45, 7) is 2.29. The Morgan fingerprint density at radius 2 is 1.96 bits per heavy atom. The molecule has 0 saturated carbocycles. The van der Waals surface area contributed by atoms with Crippen LogP contribution in [0.3, 0.4) is 0 Å². The van der Waals surface area contributed by atoms with Crippen LogP contribution in [0.25, 0.3) is 0 Å². The number of amides is 1. The minimum absolute atomic E-state index is 0.136. The maximum atomic E-state index is 12.8. The fourth-order valence-corrected chi connectivity index (χ4v) is 3.66. The van der Waals surface area contributed by atoms with E-state index in [2.05, 4.69) is 26.4 Å². The summed E-state index contributed by atoms with van der Waals surface area (Å²) in [4.78, 5) is 12.8. The van der Waals surface area contributed by atoms with E-state index in [0.29, 0.717) is 23.9 Å². The average molecular weight is 447 g/mol. The van der Waals surface area contributed by atoms with Gasteiger partial charge in [-0.2, -0.15) is 0 Å². The summed E-state index contributed by atoms with van der Waals surface area (Å²) < 4.78 is 11.8. The number of nitrogens with one attached hydrogen (secondary N) is 1. The fraction of sp³-hybridized carbons (Fsp3) is 0.200. The molecule has 0 aliphatic heterocycles. The van der Waals surface area contributed by atoms with Gasteiger partial charge in [0, 0.05) is 16.3 Å². The predicted octanol–water partition coefficient (Wildman–Crippen LogP) is 5.24. The number of aryl methyl sites for hydroxylation is 1. The van der Waals surface area contributed by atoms with E-state index < -0.39 is 0 Å². The molecule has 5 nitrogen and oxygen atoms in total. The highest BCUT2D eigenvalue weighted by atomic mass is 79.9. The van der Waals surface area contributed by atoms with Crippen molar-refractivity contribution in [3.63, 3.8) is 0 Å². The van der Waals surface area contributed by atoms with E-state index in [9.17, 15) is 4.79 Å². The van der Waals surface area contributed by atoms with Crippen molar-refractivity contribution in [3.8, 4) is 5.75 Å². The molecule has 0 aliphatic carbocycles. The Morgan fingerprint density at radius 1 is 1.22 bits per heavy atom. The maximum absolute atomic E-state index is 12.8. The van der Waals surface area contributed by atoms with Crippen molar-refractivity contribution in [1.82, 2.24) is 5.16 Å². The molecule has 1 atom stereocenters. The van der Waals surface area contributed by atoms with Gasteiger partial charge >= 0.3 is 0 Å². The normalized spacial score (nSPS) is 11.8. The maximum Gasteiger partial charge on any atom is 0.243 e. The zero-order valence-electron chi connectivity index (χ0n) is 14.7. The summed E-state index contributed by atoms with van der Waals surface area (Å²) in [6.07, 6.45) is 0. The number of thioether (sulfide) groups is 1. The van der Waals surface area contributed by atoms with Crippen molar-refractivity contribution in [1.29, 1.82) is 0 Å². The third-order valence-electron chi connectivity index (χ3n) is 3.67. The molecule has 1 unspecified atom stereocenters. The zero-order valence-corrected chi connectivity index (χ0v) is 17.1. The molecule has 140 valence electrons. The number of benzene rings is 2. The van der Waals surface area contributed by atoms with E-state index in [-0.39, 0.29) is 11.2 Å². The van der Waals surface area contributed by atoms with Crippen molar-refractivity contribution in [3.05, 3.63) is 76.5 Å². The first kappa shape index (κ1) is 19.5. The summed E-state index contributed by atoms with van der Waals surface area (Å²) in [7, 11) is 0. The van der Waals surface area contributed by atoms with Gasteiger partial charge < -0.3 is 14.6 Å². The molecule has 3 aromatic rings. The molecule has 0 fully saturated rings. The van der Waals surface area contributed by atoms with Crippen LogP contribution in [0.15, 0.2) is 69.7 Å². The zero-order chi connectivity index (χ0) is 19.1. The number of halogens is 1. The van der Waals surface area contributed by atoms with Crippen molar-refractivity contribution in [2.45, 2.75) is 12.2 Å². The SMILES string of the molecule is Cc1cc(NC(=O)C(SCCOc2ccc(Br)cc2)c2ccccc2)no1. The molecular formula is C20H19BrN2O3S. The fourth-order valence-electron chi connectivity index (χ4n) is 2.42. The van der Waals surface area contributed by atoms with E-state index in [0.717, 1.165) is 15.8 Å². The summed E-state index contributed by atoms with van der Waals surface area (Å²) in [5, 5.41) is 6.28. The van der Waals surface area contributed by atoms with Crippen LogP contribution in [0.2, 0.25) is 0 Å². The molecule has 1 heterocycles. The van der Waals surface area contributed by atoms with Gasteiger partial charge in [-0.15, -0.1) is 11.8 Å². The number of ether oxygens (including phenoxy) is 1. The third kappa shape index (κ3) is 5.87. The number of carbonyl (C=O) groups is 1. The van der Waals surface area contributed by atoms with Crippen molar-refractivity contribution in [2.24, 2.45) is 0 Å². The van der Waals surface area contributed by atoms with Crippen molar-refractivity contribution < 1.29 is 14.1 Å². The highest BCUT2D eigenvalue weighted by molar-refractivity contribution is 9.10. The monoisotopic (exact) mass is 446 g/mol. The highest BCUT2D eigenvalue weighted by Crippen LogP contribution is 2.30. The summed E-state index contributed by atoms with van der Waals surface area (Å²) in [5.41, 5.74) is 0.934. The molecule has 0 spiro atoms. The number of hydrogen-bond donors (Lipinski definition) is 1. The summed E-state index contributed by atoms with van der Waals surface area (Å²) in [6, 6.07) is 19.0. The molecular weight excluding hydrogens is 428 g/mol. The van der Waals surface area contributed by atoms with Crippen molar-refractivity contribution in [2.75, 3.05) is 17.7 Å². The second-order valence-electron chi connectivity index (χ2n) is 5.78. The quantitative estimate of drug-likeness (QED) is 0.479. The van der Waals surface area contributed by atoms with Crippen LogP contribution in [-0.2, 0) is 4.79 Å². The second kappa shape index (κ2) is 9.62. The molecule has 0 saturated heterocycles. The van der Waals surface area contributed by atoms with E-state index in [1.54, 1.807) is 13.0 Å². The lowest BCUT2D eigenvalue weighted by Crippen LogP contribution is -2.20. The Labute approximate surface area is 170 Å². The number of nitrogens with zero attached hydrogens (tertiary/aromatic N) is 1. The van der Waals surface area contributed by atoms with Crippen LogP contribution in [0.5, 0.6) is 5.75 Å². The smallest absolute Gasteiger partial charge is 0.243 e. The van der Waals surface area contributed by atoms with Gasteiger partial charge in [0.2, 0.25) is 5.91 Å². The third-order valence-corrected chi connectivity index (χ3v) is 5.42. The van der Waals surface area contributed by atoms with Gasteiger partial charge in [-0.05, 0) is 36.8 Å². The number of anilines is 1. The molecule has 1 N–H and O–H groups in total. The lowest BCUT2D eigenvalue weighted by atomic mass is 10.1. The van der Waals surface area contributed by atoms with Gasteiger partial charge in [0.1, 0.15) is 16.8 Å². The molecule has 27 heavy (non-hydrogen) atoms. The lowest BCUT2D eigenvalue weighted by Gasteiger charge is -2.16. The van der Waals surface area contributed by atoms with Crippen LogP contribution in [0.1, 0.15) is 16.6 Å². The summed E-state index contributed by atoms with van der Waals surface area (Å²) >= 11 is 4.93. The van der Waals surface area contributed by atoms with Crippen molar-refractivity contribution >= 4 is 39.4 Å². The predicted molar refractivity (Wildman–Crippen MR) is 111 cm³/mol. The first-order chi connectivity index (χ1) is 13.1. The Bertz CT molecular complexity index is 868. The lowest BCUT2D eigenvalue weighted by molar-refractivity contribution is -0.115. The van der Waals surface area contributed by atoms with Crippen LogP contribution < -0.4 is 10.1 Å². The van der Waals surface area contributed by atoms with E-state index in [4.69, 9.17) is 9.26 Å². The first-order valence-electron chi connectivity index (χ1n) is 8.41. The largest absolute Gasteiger partial charge is 0.493 e. The molecule has 0 bridgehead atoms. The Kier molecular flexibility index (Phi) is 6.95. The van der Waals surface area contributed by atoms with Gasteiger partial charge in [-0.25, -0.2) is 0 Å². The number of aromatic nitrogens is 1. The van der Waals surface area contributed by atoms with Gasteiger partial charge in [0.15, 0.2) is 5.82 Å². The van der Waals surface area contributed by atoms with Crippen LogP contribution in [0, 0.1) is 6.92 Å². The summed E-state index contributed by atoms with van der Waals surface area (Å²) in [5.74, 6) is 2.41. The van der Waals surface area contributed by atoms with Crippen LogP contribution in [-0.4, -0.2) is 23.4 Å². The first-order valence-corrected chi connectivity index (χ1v) is 10.2. The Balaban J connectivity index is 1.60. The standard InChI is InChI=1S/C20H19BrN2O3S/c1-14-13-18(23-26-14)22-20(24)19(15-5-3-2-4-6-15)27-12-11-25-17-9-7-16(21)8-10-17/h2-10,13,19H,11-12H2,1H3,(H,22,23,24). The molecule has 1 aromatic heterocycles. The molecule has 0 radical (unpaired) electrons.